The monoisotopic (exact) mass is 374 g/mol. The summed E-state index contributed by atoms with van der Waals surface area (Å²) in [5.41, 5.74) is 3.43. The summed E-state index contributed by atoms with van der Waals surface area (Å²) in [5.74, 6) is 1.18. The molecule has 0 amide bonds. The van der Waals surface area contributed by atoms with E-state index in [1.807, 2.05) is 18.2 Å². The van der Waals surface area contributed by atoms with Crippen LogP contribution in [0.2, 0.25) is 0 Å². The minimum atomic E-state index is 0.134. The number of benzene rings is 2. The van der Waals surface area contributed by atoms with Gasteiger partial charge in [-0.15, -0.1) is 5.10 Å². The molecule has 0 spiro atoms. The van der Waals surface area contributed by atoms with Gasteiger partial charge in [-0.05, 0) is 56.0 Å². The maximum Gasteiger partial charge on any atom is 0.249 e. The highest BCUT2D eigenvalue weighted by atomic mass is 15.3. The molecule has 3 aromatic rings. The molecule has 144 valence electrons. The van der Waals surface area contributed by atoms with Crippen LogP contribution in [0.15, 0.2) is 60.8 Å². The molecule has 0 aliphatic carbocycles. The summed E-state index contributed by atoms with van der Waals surface area (Å²) in [6.45, 7) is 4.39. The Morgan fingerprint density at radius 3 is 2.43 bits per heavy atom. The normalized spacial score (nSPS) is 15.1. The molecule has 6 nitrogen and oxygen atoms in total. The molecular formula is C22H26N6. The topological polar surface area (TPSA) is 66.0 Å². The standard InChI is InChI=1S/C22H26N6/c1-17(18-8-4-2-5-9-18)24-21-16-23-27-22(26-21)25-19-10-12-20(13-11-19)28-14-6-3-7-15-28/h2,4-5,8-13,16-17H,3,6-7,14-15H2,1H3,(H2,24,25,26,27). The van der Waals surface area contributed by atoms with Crippen molar-refractivity contribution >= 4 is 23.1 Å². The molecule has 2 aromatic carbocycles. The van der Waals surface area contributed by atoms with Gasteiger partial charge in [-0.1, -0.05) is 30.3 Å². The molecule has 1 aliphatic rings. The van der Waals surface area contributed by atoms with Crippen LogP contribution in [0.25, 0.3) is 0 Å². The van der Waals surface area contributed by atoms with E-state index in [-0.39, 0.29) is 6.04 Å². The molecule has 4 rings (SSSR count). The van der Waals surface area contributed by atoms with E-state index in [2.05, 4.69) is 74.0 Å². The molecule has 0 bridgehead atoms. The molecule has 6 heteroatoms. The first-order chi connectivity index (χ1) is 13.8. The highest BCUT2D eigenvalue weighted by Gasteiger charge is 2.11. The van der Waals surface area contributed by atoms with E-state index in [0.717, 1.165) is 18.8 Å². The average molecular weight is 374 g/mol. The van der Waals surface area contributed by atoms with Gasteiger partial charge in [0.1, 0.15) is 0 Å². The van der Waals surface area contributed by atoms with Gasteiger partial charge in [0.2, 0.25) is 5.95 Å². The van der Waals surface area contributed by atoms with Crippen LogP contribution in [0.1, 0.15) is 37.8 Å². The van der Waals surface area contributed by atoms with Gasteiger partial charge in [-0.25, -0.2) is 0 Å². The van der Waals surface area contributed by atoms with Crippen molar-refractivity contribution in [2.75, 3.05) is 28.6 Å². The van der Waals surface area contributed by atoms with Gasteiger partial charge in [-0.3, -0.25) is 0 Å². The number of nitrogens with one attached hydrogen (secondary N) is 2. The molecule has 2 N–H and O–H groups in total. The Kier molecular flexibility index (Phi) is 5.66. The number of aromatic nitrogens is 3. The van der Waals surface area contributed by atoms with Crippen LogP contribution in [0.4, 0.5) is 23.1 Å². The lowest BCUT2D eigenvalue weighted by atomic mass is 10.1. The van der Waals surface area contributed by atoms with Crippen LogP contribution in [0.5, 0.6) is 0 Å². The minimum absolute atomic E-state index is 0.134. The van der Waals surface area contributed by atoms with Crippen LogP contribution in [0.3, 0.4) is 0 Å². The fourth-order valence-electron chi connectivity index (χ4n) is 3.51. The average Bonchev–Trinajstić information content (AvgIpc) is 2.76. The Bertz CT molecular complexity index is 875. The van der Waals surface area contributed by atoms with Gasteiger partial charge in [0.15, 0.2) is 5.82 Å². The van der Waals surface area contributed by atoms with Gasteiger partial charge in [-0.2, -0.15) is 10.1 Å². The highest BCUT2D eigenvalue weighted by molar-refractivity contribution is 5.59. The first kappa shape index (κ1) is 18.2. The summed E-state index contributed by atoms with van der Waals surface area (Å²) in [5, 5.41) is 14.8. The van der Waals surface area contributed by atoms with E-state index < -0.39 is 0 Å². The maximum atomic E-state index is 4.54. The van der Waals surface area contributed by atoms with Crippen molar-refractivity contribution < 1.29 is 0 Å². The fourth-order valence-corrected chi connectivity index (χ4v) is 3.51. The fraction of sp³-hybridized carbons (Fsp3) is 0.318. The molecule has 1 unspecified atom stereocenters. The Labute approximate surface area is 166 Å². The summed E-state index contributed by atoms with van der Waals surface area (Å²) in [4.78, 5) is 6.98. The van der Waals surface area contributed by atoms with Gasteiger partial charge < -0.3 is 15.5 Å². The van der Waals surface area contributed by atoms with Gasteiger partial charge in [0.25, 0.3) is 0 Å². The minimum Gasteiger partial charge on any atom is -0.372 e. The van der Waals surface area contributed by atoms with Gasteiger partial charge in [0.05, 0.1) is 6.20 Å². The smallest absolute Gasteiger partial charge is 0.249 e. The van der Waals surface area contributed by atoms with E-state index in [9.17, 15) is 0 Å². The third-order valence-electron chi connectivity index (χ3n) is 5.07. The summed E-state index contributed by atoms with van der Waals surface area (Å²) in [6.07, 6.45) is 5.54. The number of piperidine rings is 1. The maximum absolute atomic E-state index is 4.54. The zero-order valence-electron chi connectivity index (χ0n) is 16.2. The molecule has 2 heterocycles. The SMILES string of the molecule is CC(Nc1cnnc(Nc2ccc(N3CCCCC3)cc2)n1)c1ccccc1. The second kappa shape index (κ2) is 8.69. The zero-order valence-corrected chi connectivity index (χ0v) is 16.2. The number of hydrogen-bond donors (Lipinski definition) is 2. The van der Waals surface area contributed by atoms with E-state index in [1.54, 1.807) is 6.20 Å². The first-order valence-electron chi connectivity index (χ1n) is 9.91. The molecule has 28 heavy (non-hydrogen) atoms. The third-order valence-corrected chi connectivity index (χ3v) is 5.07. The lowest BCUT2D eigenvalue weighted by Crippen LogP contribution is -2.29. The molecule has 0 radical (unpaired) electrons. The van der Waals surface area contributed by atoms with Crippen LogP contribution < -0.4 is 15.5 Å². The quantitative estimate of drug-likeness (QED) is 0.647. The van der Waals surface area contributed by atoms with E-state index in [4.69, 9.17) is 0 Å². The largest absolute Gasteiger partial charge is 0.372 e. The van der Waals surface area contributed by atoms with Crippen molar-refractivity contribution in [2.24, 2.45) is 0 Å². The molecule has 1 saturated heterocycles. The van der Waals surface area contributed by atoms with Crippen molar-refractivity contribution in [3.05, 3.63) is 66.4 Å². The molecular weight excluding hydrogens is 348 g/mol. The van der Waals surface area contributed by atoms with Crippen molar-refractivity contribution in [3.63, 3.8) is 0 Å². The van der Waals surface area contributed by atoms with Gasteiger partial charge in [0, 0.05) is 30.5 Å². The summed E-state index contributed by atoms with van der Waals surface area (Å²) >= 11 is 0. The second-order valence-electron chi connectivity index (χ2n) is 7.16. The van der Waals surface area contributed by atoms with E-state index in [1.165, 1.54) is 30.5 Å². The van der Waals surface area contributed by atoms with Crippen LogP contribution in [-0.2, 0) is 0 Å². The van der Waals surface area contributed by atoms with Crippen LogP contribution in [0, 0.1) is 0 Å². The summed E-state index contributed by atoms with van der Waals surface area (Å²) in [7, 11) is 0. The molecule has 1 aliphatic heterocycles. The summed E-state index contributed by atoms with van der Waals surface area (Å²) in [6, 6.07) is 18.8. The van der Waals surface area contributed by atoms with Crippen LogP contribution >= 0.6 is 0 Å². The lowest BCUT2D eigenvalue weighted by Gasteiger charge is -2.28. The highest BCUT2D eigenvalue weighted by Crippen LogP contribution is 2.23. The Morgan fingerprint density at radius 1 is 0.929 bits per heavy atom. The Balaban J connectivity index is 1.40. The summed E-state index contributed by atoms with van der Waals surface area (Å²) < 4.78 is 0. The van der Waals surface area contributed by atoms with Crippen molar-refractivity contribution in [3.8, 4) is 0 Å². The molecule has 1 atom stereocenters. The van der Waals surface area contributed by atoms with E-state index in [0.29, 0.717) is 11.8 Å². The molecule has 1 aromatic heterocycles. The molecule has 0 saturated carbocycles. The van der Waals surface area contributed by atoms with Crippen LogP contribution in [-0.4, -0.2) is 28.3 Å². The third kappa shape index (κ3) is 4.57. The lowest BCUT2D eigenvalue weighted by molar-refractivity contribution is 0.578. The number of hydrogen-bond acceptors (Lipinski definition) is 6. The van der Waals surface area contributed by atoms with Crippen molar-refractivity contribution in [2.45, 2.75) is 32.2 Å². The number of rotatable bonds is 6. The second-order valence-corrected chi connectivity index (χ2v) is 7.16. The Morgan fingerprint density at radius 2 is 1.68 bits per heavy atom. The zero-order chi connectivity index (χ0) is 19.2. The van der Waals surface area contributed by atoms with Crippen molar-refractivity contribution in [1.29, 1.82) is 0 Å². The van der Waals surface area contributed by atoms with Gasteiger partial charge >= 0.3 is 0 Å². The van der Waals surface area contributed by atoms with Crippen molar-refractivity contribution in [1.82, 2.24) is 15.2 Å². The molecule has 1 fully saturated rings. The predicted molar refractivity (Wildman–Crippen MR) is 114 cm³/mol. The first-order valence-corrected chi connectivity index (χ1v) is 9.91. The Hall–Kier alpha value is -3.15. The number of nitrogens with zero attached hydrogens (tertiary/aromatic N) is 4. The van der Waals surface area contributed by atoms with E-state index >= 15 is 0 Å². The predicted octanol–water partition coefficient (Wildman–Crippen LogP) is 4.78. The number of anilines is 4.